The van der Waals surface area contributed by atoms with E-state index in [9.17, 15) is 4.79 Å². The molecule has 1 aliphatic carbocycles. The van der Waals surface area contributed by atoms with E-state index in [0.717, 1.165) is 53.3 Å². The number of aromatic nitrogens is 2. The maximum Gasteiger partial charge on any atom is 0.256 e. The highest BCUT2D eigenvalue weighted by atomic mass is 16.5. The Bertz CT molecular complexity index is 1050. The third-order valence-electron chi connectivity index (χ3n) is 5.06. The van der Waals surface area contributed by atoms with Gasteiger partial charge in [0.25, 0.3) is 5.91 Å². The van der Waals surface area contributed by atoms with Gasteiger partial charge in [-0.05, 0) is 43.5 Å². The van der Waals surface area contributed by atoms with Crippen LogP contribution < -0.4 is 10.1 Å². The zero-order chi connectivity index (χ0) is 18.2. The Morgan fingerprint density at radius 3 is 2.74 bits per heavy atom. The van der Waals surface area contributed by atoms with Crippen molar-refractivity contribution in [1.29, 1.82) is 0 Å². The Morgan fingerprint density at radius 2 is 1.85 bits per heavy atom. The van der Waals surface area contributed by atoms with Gasteiger partial charge < -0.3 is 10.1 Å². The first-order valence-corrected chi connectivity index (χ1v) is 9.19. The molecule has 2 heterocycles. The first-order chi connectivity index (χ1) is 13.3. The molecule has 5 rings (SSSR count). The van der Waals surface area contributed by atoms with Crippen LogP contribution in [0.15, 0.2) is 60.2 Å². The zero-order valence-electron chi connectivity index (χ0n) is 14.8. The molecule has 27 heavy (non-hydrogen) atoms. The first kappa shape index (κ1) is 15.9. The van der Waals surface area contributed by atoms with Crippen LogP contribution in [0.4, 0.5) is 5.82 Å². The third kappa shape index (κ3) is 2.81. The lowest BCUT2D eigenvalue weighted by Gasteiger charge is -2.18. The van der Waals surface area contributed by atoms with Gasteiger partial charge in [0, 0.05) is 11.1 Å². The monoisotopic (exact) mass is 357 g/mol. The fraction of sp³-hybridized carbons (Fsp3) is 0.182. The van der Waals surface area contributed by atoms with Crippen molar-refractivity contribution in [3.05, 3.63) is 77.0 Å². The van der Waals surface area contributed by atoms with Gasteiger partial charge in [0.15, 0.2) is 0 Å². The Kier molecular flexibility index (Phi) is 3.78. The summed E-state index contributed by atoms with van der Waals surface area (Å²) in [5, 5.41) is 7.85. The van der Waals surface area contributed by atoms with Crippen molar-refractivity contribution in [2.24, 2.45) is 0 Å². The highest BCUT2D eigenvalue weighted by molar-refractivity contribution is 6.07. The second kappa shape index (κ2) is 6.43. The summed E-state index contributed by atoms with van der Waals surface area (Å²) in [4.78, 5) is 13.0. The summed E-state index contributed by atoms with van der Waals surface area (Å²) in [5.74, 6) is 1.44. The topological polar surface area (TPSA) is 56.2 Å². The van der Waals surface area contributed by atoms with Crippen molar-refractivity contribution in [1.82, 2.24) is 9.78 Å². The molecular formula is C22H19N3O2. The fourth-order valence-electron chi connectivity index (χ4n) is 3.71. The van der Waals surface area contributed by atoms with E-state index < -0.39 is 0 Å². The summed E-state index contributed by atoms with van der Waals surface area (Å²) in [6, 6.07) is 17.7. The zero-order valence-corrected chi connectivity index (χ0v) is 14.8. The molecule has 0 spiro atoms. The number of rotatable bonds is 3. The Morgan fingerprint density at radius 1 is 1.04 bits per heavy atom. The highest BCUT2D eigenvalue weighted by Gasteiger charge is 2.26. The number of hydrogen-bond acceptors (Lipinski definition) is 3. The van der Waals surface area contributed by atoms with E-state index >= 15 is 0 Å². The molecule has 5 nitrogen and oxygen atoms in total. The Labute approximate surface area is 157 Å². The quantitative estimate of drug-likeness (QED) is 0.776. The third-order valence-corrected chi connectivity index (χ3v) is 5.06. The summed E-state index contributed by atoms with van der Waals surface area (Å²) >= 11 is 0. The number of carbonyl (C=O) groups excluding carboxylic acids is 1. The van der Waals surface area contributed by atoms with Gasteiger partial charge in [0.2, 0.25) is 0 Å². The minimum atomic E-state index is -0.142. The molecule has 0 saturated heterocycles. The smallest absolute Gasteiger partial charge is 0.256 e. The summed E-state index contributed by atoms with van der Waals surface area (Å²) < 4.78 is 7.58. The molecule has 134 valence electrons. The van der Waals surface area contributed by atoms with Gasteiger partial charge in [-0.1, -0.05) is 36.4 Å². The normalized spacial score (nSPS) is 14.7. The maximum absolute atomic E-state index is 13.0. The van der Waals surface area contributed by atoms with Crippen molar-refractivity contribution in [3.63, 3.8) is 0 Å². The van der Waals surface area contributed by atoms with Crippen LogP contribution in [0.3, 0.4) is 0 Å². The van der Waals surface area contributed by atoms with Crippen LogP contribution in [0.5, 0.6) is 5.75 Å². The lowest BCUT2D eigenvalue weighted by molar-refractivity contribution is -0.113. The first-order valence-electron chi connectivity index (χ1n) is 9.19. The largest absolute Gasteiger partial charge is 0.488 e. The van der Waals surface area contributed by atoms with E-state index in [1.54, 1.807) is 0 Å². The van der Waals surface area contributed by atoms with Gasteiger partial charge in [-0.2, -0.15) is 5.10 Å². The number of nitrogens with one attached hydrogen (secondary N) is 1. The number of aryl methyl sites for hydroxylation is 1. The number of carbonyl (C=O) groups is 1. The maximum atomic E-state index is 13.0. The van der Waals surface area contributed by atoms with Crippen LogP contribution in [0.2, 0.25) is 0 Å². The molecule has 0 saturated carbocycles. The lowest BCUT2D eigenvalue weighted by Crippen LogP contribution is -2.23. The van der Waals surface area contributed by atoms with E-state index in [1.165, 1.54) is 0 Å². The average molecular weight is 357 g/mol. The molecule has 0 fully saturated rings. The van der Waals surface area contributed by atoms with Crippen molar-refractivity contribution >= 4 is 17.8 Å². The second-order valence-electron chi connectivity index (χ2n) is 6.82. The number of hydrogen-bond donors (Lipinski definition) is 1. The van der Waals surface area contributed by atoms with Crippen LogP contribution in [-0.4, -0.2) is 22.3 Å². The van der Waals surface area contributed by atoms with Gasteiger partial charge in [-0.15, -0.1) is 0 Å². The van der Waals surface area contributed by atoms with E-state index in [1.807, 2.05) is 65.4 Å². The van der Waals surface area contributed by atoms with E-state index in [0.29, 0.717) is 5.57 Å². The molecule has 2 aliphatic rings. The van der Waals surface area contributed by atoms with Crippen molar-refractivity contribution in [2.75, 3.05) is 11.9 Å². The molecule has 0 unspecified atom stereocenters. The van der Waals surface area contributed by atoms with Crippen LogP contribution in [0, 0.1) is 0 Å². The Hall–Kier alpha value is -3.34. The van der Waals surface area contributed by atoms with Crippen LogP contribution in [-0.2, 0) is 17.6 Å². The number of para-hydroxylation sites is 2. The molecule has 5 heteroatoms. The minimum absolute atomic E-state index is 0.142. The van der Waals surface area contributed by atoms with E-state index in [-0.39, 0.29) is 12.5 Å². The van der Waals surface area contributed by atoms with Gasteiger partial charge in [0.05, 0.1) is 17.0 Å². The summed E-state index contributed by atoms with van der Waals surface area (Å²) in [6.45, 7) is 0.268. The number of fused-ring (bicyclic) bond motifs is 2. The van der Waals surface area contributed by atoms with Gasteiger partial charge in [-0.3, -0.25) is 4.79 Å². The van der Waals surface area contributed by atoms with Crippen molar-refractivity contribution in [2.45, 2.75) is 19.3 Å². The predicted molar refractivity (Wildman–Crippen MR) is 104 cm³/mol. The molecule has 1 aromatic heterocycles. The standard InChI is InChI=1S/C22H19N3O2/c26-22(16-13-15-7-4-5-12-20(15)27-14-16)23-21-18-10-6-11-19(18)24-25(21)17-8-2-1-3-9-17/h1-5,7-9,12-13H,6,10-11,14H2,(H,23,26). The summed E-state index contributed by atoms with van der Waals surface area (Å²) in [6.07, 6.45) is 4.88. The number of ether oxygens (including phenoxy) is 1. The SMILES string of the molecule is O=C(Nc1c2c(nn1-c1ccccc1)CCC2)C1=Cc2ccccc2OC1. The molecule has 1 N–H and O–H groups in total. The van der Waals surface area contributed by atoms with Crippen molar-refractivity contribution < 1.29 is 9.53 Å². The molecule has 1 amide bonds. The number of amides is 1. The summed E-state index contributed by atoms with van der Waals surface area (Å²) in [7, 11) is 0. The van der Waals surface area contributed by atoms with Gasteiger partial charge in [0.1, 0.15) is 18.2 Å². The van der Waals surface area contributed by atoms with Crippen molar-refractivity contribution in [3.8, 4) is 11.4 Å². The van der Waals surface area contributed by atoms with Crippen LogP contribution in [0.25, 0.3) is 11.8 Å². The van der Waals surface area contributed by atoms with Gasteiger partial charge in [-0.25, -0.2) is 4.68 Å². The van der Waals surface area contributed by atoms with Crippen LogP contribution >= 0.6 is 0 Å². The fourth-order valence-corrected chi connectivity index (χ4v) is 3.71. The van der Waals surface area contributed by atoms with Crippen LogP contribution in [0.1, 0.15) is 23.2 Å². The lowest BCUT2D eigenvalue weighted by atomic mass is 10.1. The molecule has 1 aliphatic heterocycles. The molecule has 0 bridgehead atoms. The minimum Gasteiger partial charge on any atom is -0.488 e. The molecule has 3 aromatic rings. The number of anilines is 1. The number of benzene rings is 2. The second-order valence-corrected chi connectivity index (χ2v) is 6.82. The average Bonchev–Trinajstić information content (AvgIpc) is 3.31. The molecule has 2 aromatic carbocycles. The van der Waals surface area contributed by atoms with E-state index in [2.05, 4.69) is 5.32 Å². The molecular weight excluding hydrogens is 338 g/mol. The molecule has 0 radical (unpaired) electrons. The predicted octanol–water partition coefficient (Wildman–Crippen LogP) is 3.78. The van der Waals surface area contributed by atoms with Gasteiger partial charge >= 0.3 is 0 Å². The number of nitrogens with zero attached hydrogens (tertiary/aromatic N) is 2. The molecule has 0 atom stereocenters. The Balaban J connectivity index is 1.49. The summed E-state index contributed by atoms with van der Waals surface area (Å²) in [5.41, 5.74) is 4.71. The highest BCUT2D eigenvalue weighted by Crippen LogP contribution is 2.32. The van der Waals surface area contributed by atoms with E-state index in [4.69, 9.17) is 9.84 Å².